The Morgan fingerprint density at radius 1 is 1.16 bits per heavy atom. The summed E-state index contributed by atoms with van der Waals surface area (Å²) >= 11 is 1.28. The second-order valence-electron chi connectivity index (χ2n) is 5.76. The van der Waals surface area contributed by atoms with Crippen LogP contribution in [0.5, 0.6) is 0 Å². The van der Waals surface area contributed by atoms with Crippen molar-refractivity contribution in [2.45, 2.75) is 6.54 Å². The number of aromatic nitrogens is 2. The molecule has 1 saturated heterocycles. The molecular formula is C16H20N6O2S. The molecule has 132 valence electrons. The van der Waals surface area contributed by atoms with E-state index in [0.29, 0.717) is 43.4 Å². The molecule has 0 atom stereocenters. The Bertz CT molecular complexity index is 711. The predicted molar refractivity (Wildman–Crippen MR) is 95.2 cm³/mol. The van der Waals surface area contributed by atoms with Crippen molar-refractivity contribution in [3.63, 3.8) is 0 Å². The van der Waals surface area contributed by atoms with Gasteiger partial charge in [-0.25, -0.2) is 0 Å². The normalized spacial score (nSPS) is 15.2. The Hall–Kier alpha value is -2.36. The maximum absolute atomic E-state index is 12.5. The number of nitrogens with one attached hydrogen (secondary N) is 1. The summed E-state index contributed by atoms with van der Waals surface area (Å²) in [6.07, 6.45) is 0. The van der Waals surface area contributed by atoms with Crippen LogP contribution >= 0.6 is 11.3 Å². The molecule has 0 spiro atoms. The zero-order chi connectivity index (χ0) is 17.6. The first-order valence-corrected chi connectivity index (χ1v) is 8.90. The Kier molecular flexibility index (Phi) is 5.69. The van der Waals surface area contributed by atoms with E-state index >= 15 is 0 Å². The number of hydrogen-bond acceptors (Lipinski definition) is 7. The van der Waals surface area contributed by atoms with E-state index in [9.17, 15) is 9.59 Å². The second kappa shape index (κ2) is 8.15. The van der Waals surface area contributed by atoms with Crippen molar-refractivity contribution in [3.05, 3.63) is 40.9 Å². The molecule has 9 heteroatoms. The van der Waals surface area contributed by atoms with Gasteiger partial charge in [-0.2, -0.15) is 0 Å². The summed E-state index contributed by atoms with van der Waals surface area (Å²) in [6, 6.07) is 7.38. The predicted octanol–water partition coefficient (Wildman–Crippen LogP) is 0.393. The van der Waals surface area contributed by atoms with Crippen molar-refractivity contribution >= 4 is 28.3 Å². The van der Waals surface area contributed by atoms with Gasteiger partial charge < -0.3 is 10.6 Å². The Morgan fingerprint density at radius 2 is 1.88 bits per heavy atom. The molecule has 0 radical (unpaired) electrons. The fourth-order valence-electron chi connectivity index (χ4n) is 2.66. The highest BCUT2D eigenvalue weighted by molar-refractivity contribution is 7.13. The standard InChI is InChI=1S/C16H20N6O2S/c17-9-12-1-3-13(4-2-12)15(24)22-7-5-21(6-8-22)10-14(23)19-16-20-18-11-25-16/h1-4,11H,5-10,17H2,(H,19,20,23). The summed E-state index contributed by atoms with van der Waals surface area (Å²) < 4.78 is 0. The van der Waals surface area contributed by atoms with Crippen LogP contribution in [0.2, 0.25) is 0 Å². The van der Waals surface area contributed by atoms with E-state index in [0.717, 1.165) is 5.56 Å². The van der Waals surface area contributed by atoms with E-state index in [1.54, 1.807) is 5.51 Å². The van der Waals surface area contributed by atoms with Gasteiger partial charge in [0, 0.05) is 38.3 Å². The summed E-state index contributed by atoms with van der Waals surface area (Å²) in [5.41, 5.74) is 8.81. The highest BCUT2D eigenvalue weighted by Gasteiger charge is 2.23. The van der Waals surface area contributed by atoms with Gasteiger partial charge in [0.15, 0.2) is 0 Å². The van der Waals surface area contributed by atoms with Crippen molar-refractivity contribution in [3.8, 4) is 0 Å². The molecule has 0 unspecified atom stereocenters. The van der Waals surface area contributed by atoms with Crippen LogP contribution in [0, 0.1) is 0 Å². The van der Waals surface area contributed by atoms with Crippen LogP contribution in [0.1, 0.15) is 15.9 Å². The first kappa shape index (κ1) is 17.5. The molecule has 2 heterocycles. The van der Waals surface area contributed by atoms with Gasteiger partial charge in [0.05, 0.1) is 6.54 Å². The van der Waals surface area contributed by atoms with Gasteiger partial charge in [0.25, 0.3) is 5.91 Å². The van der Waals surface area contributed by atoms with Crippen molar-refractivity contribution in [1.29, 1.82) is 0 Å². The molecule has 3 rings (SSSR count). The molecule has 1 aromatic carbocycles. The number of piperazine rings is 1. The summed E-state index contributed by atoms with van der Waals surface area (Å²) in [5, 5.41) is 10.7. The molecule has 3 N–H and O–H groups in total. The average molecular weight is 360 g/mol. The lowest BCUT2D eigenvalue weighted by atomic mass is 10.1. The Morgan fingerprint density at radius 3 is 2.48 bits per heavy atom. The lowest BCUT2D eigenvalue weighted by Gasteiger charge is -2.34. The van der Waals surface area contributed by atoms with Crippen molar-refractivity contribution < 1.29 is 9.59 Å². The number of hydrogen-bond donors (Lipinski definition) is 2. The third-order valence-electron chi connectivity index (χ3n) is 4.07. The van der Waals surface area contributed by atoms with Gasteiger partial charge in [0.1, 0.15) is 5.51 Å². The molecular weight excluding hydrogens is 340 g/mol. The van der Waals surface area contributed by atoms with Crippen LogP contribution in [0.15, 0.2) is 29.8 Å². The van der Waals surface area contributed by atoms with Crippen LogP contribution in [-0.4, -0.2) is 64.5 Å². The second-order valence-corrected chi connectivity index (χ2v) is 6.59. The van der Waals surface area contributed by atoms with Gasteiger partial charge in [-0.15, -0.1) is 10.2 Å². The summed E-state index contributed by atoms with van der Waals surface area (Å²) in [6.45, 7) is 3.28. The maximum Gasteiger partial charge on any atom is 0.253 e. The average Bonchev–Trinajstić information content (AvgIpc) is 3.14. The minimum absolute atomic E-state index is 0.0153. The van der Waals surface area contributed by atoms with Gasteiger partial charge in [-0.05, 0) is 17.7 Å². The number of nitrogens with two attached hydrogens (primary N) is 1. The lowest BCUT2D eigenvalue weighted by Crippen LogP contribution is -2.50. The summed E-state index contributed by atoms with van der Waals surface area (Å²) in [5.74, 6) is -0.101. The molecule has 8 nitrogen and oxygen atoms in total. The monoisotopic (exact) mass is 360 g/mol. The van der Waals surface area contributed by atoms with Crippen LogP contribution in [0.3, 0.4) is 0 Å². The van der Waals surface area contributed by atoms with Gasteiger partial charge in [-0.1, -0.05) is 23.5 Å². The fourth-order valence-corrected chi connectivity index (χ4v) is 3.13. The molecule has 0 bridgehead atoms. The van der Waals surface area contributed by atoms with E-state index in [-0.39, 0.29) is 18.4 Å². The van der Waals surface area contributed by atoms with Crippen molar-refractivity contribution in [1.82, 2.24) is 20.0 Å². The number of amides is 2. The first-order chi connectivity index (χ1) is 12.2. The van der Waals surface area contributed by atoms with Crippen molar-refractivity contribution in [2.24, 2.45) is 5.73 Å². The largest absolute Gasteiger partial charge is 0.336 e. The number of carbonyl (C=O) groups is 2. The number of benzene rings is 1. The zero-order valence-electron chi connectivity index (χ0n) is 13.7. The number of carbonyl (C=O) groups excluding carboxylic acids is 2. The van der Waals surface area contributed by atoms with Crippen LogP contribution < -0.4 is 11.1 Å². The van der Waals surface area contributed by atoms with Crippen molar-refractivity contribution in [2.75, 3.05) is 38.0 Å². The topological polar surface area (TPSA) is 104 Å². The molecule has 1 aliphatic rings. The van der Waals surface area contributed by atoms with Crippen LogP contribution in [0.4, 0.5) is 5.13 Å². The molecule has 2 aromatic rings. The summed E-state index contributed by atoms with van der Waals surface area (Å²) in [7, 11) is 0. The lowest BCUT2D eigenvalue weighted by molar-refractivity contribution is -0.117. The SMILES string of the molecule is NCc1ccc(C(=O)N2CCN(CC(=O)Nc3nncs3)CC2)cc1. The minimum Gasteiger partial charge on any atom is -0.336 e. The molecule has 25 heavy (non-hydrogen) atoms. The van der Waals surface area contributed by atoms with E-state index in [4.69, 9.17) is 5.73 Å². The van der Waals surface area contributed by atoms with Gasteiger partial charge in [0.2, 0.25) is 11.0 Å². The highest BCUT2D eigenvalue weighted by Crippen LogP contribution is 2.11. The number of nitrogens with zero attached hydrogens (tertiary/aromatic N) is 4. The quantitative estimate of drug-likeness (QED) is 0.799. The zero-order valence-corrected chi connectivity index (χ0v) is 14.5. The van der Waals surface area contributed by atoms with Crippen LogP contribution in [-0.2, 0) is 11.3 Å². The fraction of sp³-hybridized carbons (Fsp3) is 0.375. The molecule has 1 aliphatic heterocycles. The summed E-state index contributed by atoms with van der Waals surface area (Å²) in [4.78, 5) is 28.3. The highest BCUT2D eigenvalue weighted by atomic mass is 32.1. The van der Waals surface area contributed by atoms with Gasteiger partial charge in [-0.3, -0.25) is 19.8 Å². The Balaban J connectivity index is 1.47. The molecule has 1 aromatic heterocycles. The van der Waals surface area contributed by atoms with E-state index in [1.807, 2.05) is 34.1 Å². The van der Waals surface area contributed by atoms with E-state index in [2.05, 4.69) is 15.5 Å². The molecule has 0 aliphatic carbocycles. The van der Waals surface area contributed by atoms with E-state index < -0.39 is 0 Å². The smallest absolute Gasteiger partial charge is 0.253 e. The first-order valence-electron chi connectivity index (χ1n) is 8.02. The maximum atomic E-state index is 12.5. The third-order valence-corrected chi connectivity index (χ3v) is 4.68. The molecule has 1 fully saturated rings. The number of rotatable bonds is 5. The van der Waals surface area contributed by atoms with Crippen LogP contribution in [0.25, 0.3) is 0 Å². The minimum atomic E-state index is -0.117. The Labute approximate surface area is 149 Å². The van der Waals surface area contributed by atoms with E-state index in [1.165, 1.54) is 11.3 Å². The van der Waals surface area contributed by atoms with Gasteiger partial charge >= 0.3 is 0 Å². The number of anilines is 1. The third kappa shape index (κ3) is 4.59. The molecule has 2 amide bonds. The molecule has 0 saturated carbocycles.